The van der Waals surface area contributed by atoms with Gasteiger partial charge in [-0.3, -0.25) is 19.7 Å². The summed E-state index contributed by atoms with van der Waals surface area (Å²) in [4.78, 5) is 50.9. The van der Waals surface area contributed by atoms with E-state index < -0.39 is 58.0 Å². The predicted octanol–water partition coefficient (Wildman–Crippen LogP) is 2.46. The molecule has 0 aromatic heterocycles. The number of amides is 3. The highest BCUT2D eigenvalue weighted by atomic mass is 32.2. The maximum atomic E-state index is 14.3. The Balaban J connectivity index is 2.05. The van der Waals surface area contributed by atoms with Crippen LogP contribution in [0.1, 0.15) is 42.2 Å². The molecule has 0 radical (unpaired) electrons. The zero-order valence-corrected chi connectivity index (χ0v) is 23.0. The number of hydrogen-bond donors (Lipinski definition) is 3. The molecule has 1 fully saturated rings. The number of ether oxygens (including phenoxy) is 2. The van der Waals surface area contributed by atoms with Crippen LogP contribution in [-0.4, -0.2) is 69.8 Å². The maximum Gasteiger partial charge on any atom is 0.411 e. The molecular weight excluding hydrogens is 547 g/mol. The van der Waals surface area contributed by atoms with Gasteiger partial charge in [-0.2, -0.15) is 0 Å². The summed E-state index contributed by atoms with van der Waals surface area (Å²) in [6, 6.07) is 6.38. The molecule has 1 heterocycles. The van der Waals surface area contributed by atoms with Crippen LogP contribution in [0, 0.1) is 11.7 Å². The second-order valence-corrected chi connectivity index (χ2v) is 11.1. The number of halogens is 1. The number of carbonyl (C=O) groups excluding carboxylic acids is 4. The van der Waals surface area contributed by atoms with Gasteiger partial charge in [0.15, 0.2) is 9.84 Å². The van der Waals surface area contributed by atoms with E-state index in [-0.39, 0.29) is 52.7 Å². The van der Waals surface area contributed by atoms with Crippen LogP contribution in [0.5, 0.6) is 0 Å². The van der Waals surface area contributed by atoms with Gasteiger partial charge in [-0.25, -0.2) is 17.6 Å². The molecule has 2 atom stereocenters. The van der Waals surface area contributed by atoms with E-state index in [4.69, 9.17) is 10.5 Å². The minimum atomic E-state index is -3.84. The van der Waals surface area contributed by atoms with E-state index in [0.29, 0.717) is 0 Å². The molecule has 40 heavy (non-hydrogen) atoms. The molecule has 0 saturated carbocycles. The van der Waals surface area contributed by atoms with Crippen LogP contribution in [0.2, 0.25) is 0 Å². The van der Waals surface area contributed by atoms with Crippen molar-refractivity contribution >= 4 is 45.1 Å². The molecule has 12 nitrogen and oxygen atoms in total. The number of anilines is 2. The number of methoxy groups -OCH3 is 1. The van der Waals surface area contributed by atoms with E-state index >= 15 is 0 Å². The third-order valence-corrected chi connectivity index (χ3v) is 8.27. The molecule has 3 amide bonds. The van der Waals surface area contributed by atoms with Gasteiger partial charge in [-0.05, 0) is 55.3 Å². The number of rotatable bonds is 10. The second kappa shape index (κ2) is 12.8. The topological polar surface area (TPSA) is 174 Å². The largest absolute Gasteiger partial charge is 0.466 e. The lowest BCUT2D eigenvalue weighted by molar-refractivity contribution is -0.149. The van der Waals surface area contributed by atoms with Gasteiger partial charge >= 0.3 is 12.1 Å². The summed E-state index contributed by atoms with van der Waals surface area (Å²) in [7, 11) is -2.68. The molecule has 216 valence electrons. The Kier molecular flexibility index (Phi) is 9.69. The smallest absolute Gasteiger partial charge is 0.411 e. The van der Waals surface area contributed by atoms with Crippen molar-refractivity contribution in [3.63, 3.8) is 0 Å². The first-order valence-corrected chi connectivity index (χ1v) is 14.1. The van der Waals surface area contributed by atoms with Gasteiger partial charge in [0.25, 0.3) is 0 Å². The Morgan fingerprint density at radius 1 is 1.12 bits per heavy atom. The summed E-state index contributed by atoms with van der Waals surface area (Å²) in [6.45, 7) is 2.77. The van der Waals surface area contributed by atoms with Gasteiger partial charge in [-0.15, -0.1) is 0 Å². The number of nitrogens with two attached hydrogens (primary N) is 1. The molecule has 2 aromatic rings. The van der Waals surface area contributed by atoms with E-state index in [0.717, 1.165) is 13.2 Å². The Hall–Kier alpha value is -4.20. The highest BCUT2D eigenvalue weighted by Gasteiger charge is 2.44. The van der Waals surface area contributed by atoms with Gasteiger partial charge in [0.1, 0.15) is 5.82 Å². The second-order valence-electron chi connectivity index (χ2n) is 8.86. The average molecular weight is 579 g/mol. The van der Waals surface area contributed by atoms with Crippen molar-refractivity contribution in [2.24, 2.45) is 11.7 Å². The fraction of sp³-hybridized carbons (Fsp3) is 0.385. The van der Waals surface area contributed by atoms with Crippen LogP contribution in [-0.2, 0) is 28.9 Å². The molecule has 0 bridgehead atoms. The molecule has 1 aliphatic rings. The maximum absolute atomic E-state index is 14.3. The van der Waals surface area contributed by atoms with Crippen LogP contribution in [0.4, 0.5) is 20.6 Å². The standard InChI is InChI=1S/C26H31FN4O8S/c1-4-39-25(34)17-10-11-31(22(32)14-29-20-12-15(24(28)33)6-8-19(20)27)23(17)18-13-16(30-26(35)38-3)7-9-21(18)40(36,37)5-2/h6-9,12-13,17,23,29H,4-5,10-11,14H2,1-3H3,(H2,28,33)(H,30,35)/t17-,23+/m0/s1. The van der Waals surface area contributed by atoms with Crippen molar-refractivity contribution in [3.8, 4) is 0 Å². The Morgan fingerprint density at radius 2 is 1.85 bits per heavy atom. The highest BCUT2D eigenvalue weighted by Crippen LogP contribution is 2.42. The van der Waals surface area contributed by atoms with Crippen molar-refractivity contribution in [1.29, 1.82) is 0 Å². The fourth-order valence-electron chi connectivity index (χ4n) is 4.50. The van der Waals surface area contributed by atoms with Gasteiger partial charge in [-0.1, -0.05) is 6.92 Å². The number of primary amides is 1. The monoisotopic (exact) mass is 578 g/mol. The summed E-state index contributed by atoms with van der Waals surface area (Å²) in [5.41, 5.74) is 5.45. The van der Waals surface area contributed by atoms with E-state index in [9.17, 15) is 32.0 Å². The number of benzene rings is 2. The molecular formula is C26H31FN4O8S. The minimum absolute atomic E-state index is 0.0297. The van der Waals surface area contributed by atoms with Gasteiger partial charge in [0.05, 0.1) is 48.6 Å². The first kappa shape index (κ1) is 30.3. The molecule has 14 heteroatoms. The van der Waals surface area contributed by atoms with Crippen LogP contribution >= 0.6 is 0 Å². The van der Waals surface area contributed by atoms with Crippen LogP contribution < -0.4 is 16.4 Å². The molecule has 3 rings (SSSR count). The third kappa shape index (κ3) is 6.68. The Morgan fingerprint density at radius 3 is 2.48 bits per heavy atom. The predicted molar refractivity (Wildman–Crippen MR) is 143 cm³/mol. The van der Waals surface area contributed by atoms with Crippen molar-refractivity contribution in [3.05, 3.63) is 53.3 Å². The number of sulfone groups is 1. The van der Waals surface area contributed by atoms with Crippen molar-refractivity contribution in [1.82, 2.24) is 4.90 Å². The lowest BCUT2D eigenvalue weighted by Gasteiger charge is -2.30. The van der Waals surface area contributed by atoms with Gasteiger partial charge < -0.3 is 25.4 Å². The number of hydrogen-bond acceptors (Lipinski definition) is 9. The van der Waals surface area contributed by atoms with E-state index in [1.165, 1.54) is 42.2 Å². The number of nitrogens with zero attached hydrogens (tertiary/aromatic N) is 1. The van der Waals surface area contributed by atoms with Gasteiger partial charge in [0, 0.05) is 17.8 Å². The third-order valence-electron chi connectivity index (χ3n) is 6.46. The average Bonchev–Trinajstić information content (AvgIpc) is 3.37. The van der Waals surface area contributed by atoms with Crippen molar-refractivity contribution in [2.45, 2.75) is 31.2 Å². The SMILES string of the molecule is CCOC(=O)[C@H]1CCN(C(=O)CNc2cc(C(N)=O)ccc2F)[C@H]1c1cc(NC(=O)OC)ccc1S(=O)(=O)CC. The van der Waals surface area contributed by atoms with Crippen LogP contribution in [0.3, 0.4) is 0 Å². The minimum Gasteiger partial charge on any atom is -0.466 e. The quantitative estimate of drug-likeness (QED) is 0.358. The number of likely N-dealkylation sites (tertiary alicyclic amines) is 1. The molecule has 1 saturated heterocycles. The first-order chi connectivity index (χ1) is 18.9. The molecule has 0 spiro atoms. The van der Waals surface area contributed by atoms with Crippen molar-refractivity contribution < 1.29 is 41.5 Å². The highest BCUT2D eigenvalue weighted by molar-refractivity contribution is 7.91. The number of esters is 1. The Labute approximate surface area is 230 Å². The lowest BCUT2D eigenvalue weighted by atomic mass is 9.93. The zero-order chi connectivity index (χ0) is 29.6. The van der Waals surface area contributed by atoms with Crippen LogP contribution in [0.15, 0.2) is 41.3 Å². The summed E-state index contributed by atoms with van der Waals surface area (Å²) in [5.74, 6) is -3.88. The summed E-state index contributed by atoms with van der Waals surface area (Å²) in [6.07, 6.45) is -0.635. The molecule has 4 N–H and O–H groups in total. The molecule has 0 aliphatic carbocycles. The molecule has 0 unspecified atom stereocenters. The van der Waals surface area contributed by atoms with Gasteiger partial charge in [0.2, 0.25) is 11.8 Å². The van der Waals surface area contributed by atoms with E-state index in [1.54, 1.807) is 6.92 Å². The Bertz CT molecular complexity index is 1420. The zero-order valence-electron chi connectivity index (χ0n) is 22.2. The van der Waals surface area contributed by atoms with Crippen molar-refractivity contribution in [2.75, 3.05) is 43.2 Å². The lowest BCUT2D eigenvalue weighted by Crippen LogP contribution is -2.38. The summed E-state index contributed by atoms with van der Waals surface area (Å²) in [5, 5.41) is 5.11. The number of nitrogens with one attached hydrogen (secondary N) is 2. The normalized spacial score (nSPS) is 16.8. The number of carbonyl (C=O) groups is 4. The fourth-order valence-corrected chi connectivity index (χ4v) is 5.63. The molecule has 2 aromatic carbocycles. The van der Waals surface area contributed by atoms with E-state index in [2.05, 4.69) is 15.4 Å². The summed E-state index contributed by atoms with van der Waals surface area (Å²) < 4.78 is 50.3. The first-order valence-electron chi connectivity index (χ1n) is 12.4. The summed E-state index contributed by atoms with van der Waals surface area (Å²) >= 11 is 0. The van der Waals surface area contributed by atoms with Crippen LogP contribution in [0.25, 0.3) is 0 Å². The molecule has 1 aliphatic heterocycles. The van der Waals surface area contributed by atoms with E-state index in [1.807, 2.05) is 0 Å².